The normalized spacial score (nSPS) is 11.5. The van der Waals surface area contributed by atoms with Crippen LogP contribution in [0.2, 0.25) is 24.7 Å². The van der Waals surface area contributed by atoms with Crippen LogP contribution < -0.4 is 5.19 Å². The Morgan fingerprint density at radius 2 is 1.74 bits per heavy atom. The van der Waals surface area contributed by atoms with Crippen molar-refractivity contribution in [3.8, 4) is 0 Å². The highest BCUT2D eigenvalue weighted by atomic mass is 35.5. The zero-order chi connectivity index (χ0) is 14.8. The van der Waals surface area contributed by atoms with Crippen molar-refractivity contribution in [3.63, 3.8) is 0 Å². The SMILES string of the molecule is CCN(CC)C(=O)c1c(Cl)ccc(C)c1[Si](C)(C)C. The minimum absolute atomic E-state index is 0.0659. The molecule has 0 unspecified atom stereocenters. The average Bonchev–Trinajstić information content (AvgIpc) is 2.31. The minimum atomic E-state index is -1.62. The summed E-state index contributed by atoms with van der Waals surface area (Å²) in [7, 11) is -1.62. The molecular weight excluding hydrogens is 274 g/mol. The van der Waals surface area contributed by atoms with Gasteiger partial charge in [-0.3, -0.25) is 4.79 Å². The summed E-state index contributed by atoms with van der Waals surface area (Å²) in [6.07, 6.45) is 0. The van der Waals surface area contributed by atoms with Crippen molar-refractivity contribution in [3.05, 3.63) is 28.3 Å². The lowest BCUT2D eigenvalue weighted by molar-refractivity contribution is 0.0774. The highest BCUT2D eigenvalue weighted by molar-refractivity contribution is 6.90. The van der Waals surface area contributed by atoms with E-state index in [4.69, 9.17) is 11.6 Å². The van der Waals surface area contributed by atoms with Gasteiger partial charge in [-0.1, -0.05) is 42.9 Å². The number of carbonyl (C=O) groups is 1. The quantitative estimate of drug-likeness (QED) is 0.777. The lowest BCUT2D eigenvalue weighted by Gasteiger charge is -2.27. The molecule has 0 heterocycles. The molecule has 106 valence electrons. The number of amides is 1. The third-order valence-electron chi connectivity index (χ3n) is 3.38. The first-order chi connectivity index (χ1) is 8.73. The van der Waals surface area contributed by atoms with E-state index in [1.54, 1.807) is 0 Å². The molecule has 1 aromatic carbocycles. The predicted molar refractivity (Wildman–Crippen MR) is 86.4 cm³/mol. The van der Waals surface area contributed by atoms with Gasteiger partial charge in [0.2, 0.25) is 0 Å². The van der Waals surface area contributed by atoms with Crippen LogP contribution in [0.4, 0.5) is 0 Å². The van der Waals surface area contributed by atoms with E-state index in [9.17, 15) is 4.79 Å². The van der Waals surface area contributed by atoms with Crippen LogP contribution in [0.3, 0.4) is 0 Å². The number of halogens is 1. The molecule has 0 aliphatic rings. The van der Waals surface area contributed by atoms with Crippen LogP contribution in [-0.2, 0) is 0 Å². The molecule has 1 amide bonds. The number of hydrogen-bond acceptors (Lipinski definition) is 1. The van der Waals surface area contributed by atoms with Crippen LogP contribution in [0, 0.1) is 6.92 Å². The Labute approximate surface area is 122 Å². The topological polar surface area (TPSA) is 20.3 Å². The molecule has 1 aromatic rings. The summed E-state index contributed by atoms with van der Waals surface area (Å²) in [5, 5.41) is 1.77. The Morgan fingerprint density at radius 3 is 2.16 bits per heavy atom. The van der Waals surface area contributed by atoms with Crippen molar-refractivity contribution in [2.75, 3.05) is 13.1 Å². The van der Waals surface area contributed by atoms with E-state index in [1.165, 1.54) is 10.8 Å². The summed E-state index contributed by atoms with van der Waals surface area (Å²) in [6, 6.07) is 3.87. The second kappa shape index (κ2) is 6.10. The van der Waals surface area contributed by atoms with E-state index >= 15 is 0 Å². The van der Waals surface area contributed by atoms with E-state index in [0.29, 0.717) is 18.1 Å². The standard InChI is InChI=1S/C15H24ClNOSi/c1-7-17(8-2)15(18)13-12(16)10-9-11(3)14(13)19(4,5)6/h9-10H,7-8H2,1-6H3. The fraction of sp³-hybridized carbons (Fsp3) is 0.533. The molecule has 0 saturated heterocycles. The number of nitrogens with zero attached hydrogens (tertiary/aromatic N) is 1. The van der Waals surface area contributed by atoms with Gasteiger partial charge in [-0.2, -0.15) is 0 Å². The summed E-state index contributed by atoms with van der Waals surface area (Å²) < 4.78 is 0. The van der Waals surface area contributed by atoms with Gasteiger partial charge in [0.15, 0.2) is 0 Å². The van der Waals surface area contributed by atoms with Gasteiger partial charge in [-0.15, -0.1) is 0 Å². The van der Waals surface area contributed by atoms with Crippen molar-refractivity contribution in [1.29, 1.82) is 0 Å². The number of hydrogen-bond donors (Lipinski definition) is 0. The third-order valence-corrected chi connectivity index (χ3v) is 5.84. The second-order valence-corrected chi connectivity index (χ2v) is 11.2. The van der Waals surface area contributed by atoms with Gasteiger partial charge in [-0.05, 0) is 32.0 Å². The number of benzene rings is 1. The minimum Gasteiger partial charge on any atom is -0.339 e. The van der Waals surface area contributed by atoms with Crippen LogP contribution in [0.5, 0.6) is 0 Å². The van der Waals surface area contributed by atoms with Gasteiger partial charge in [0.25, 0.3) is 5.91 Å². The molecule has 1 rings (SSSR count). The fourth-order valence-electron chi connectivity index (χ4n) is 2.53. The van der Waals surface area contributed by atoms with Crippen molar-refractivity contribution in [1.82, 2.24) is 4.90 Å². The highest BCUT2D eigenvalue weighted by Gasteiger charge is 2.29. The Balaban J connectivity index is 3.50. The van der Waals surface area contributed by atoms with E-state index in [2.05, 4.69) is 26.6 Å². The summed E-state index contributed by atoms with van der Waals surface area (Å²) in [4.78, 5) is 14.5. The average molecular weight is 298 g/mol. The Bertz CT molecular complexity index is 476. The summed E-state index contributed by atoms with van der Waals surface area (Å²) in [5.74, 6) is 0.0659. The summed E-state index contributed by atoms with van der Waals surface area (Å²) in [5.41, 5.74) is 1.91. The van der Waals surface area contributed by atoms with Crippen molar-refractivity contribution >= 4 is 30.8 Å². The van der Waals surface area contributed by atoms with Crippen LogP contribution in [0.1, 0.15) is 29.8 Å². The van der Waals surface area contributed by atoms with Crippen LogP contribution in [0.15, 0.2) is 12.1 Å². The van der Waals surface area contributed by atoms with Crippen molar-refractivity contribution in [2.24, 2.45) is 0 Å². The van der Waals surface area contributed by atoms with Gasteiger partial charge in [0, 0.05) is 13.1 Å². The Morgan fingerprint density at radius 1 is 1.21 bits per heavy atom. The molecule has 0 atom stereocenters. The van der Waals surface area contributed by atoms with Gasteiger partial charge in [0.05, 0.1) is 18.7 Å². The van der Waals surface area contributed by atoms with E-state index in [-0.39, 0.29) is 5.91 Å². The van der Waals surface area contributed by atoms with Gasteiger partial charge >= 0.3 is 0 Å². The molecule has 2 nitrogen and oxygen atoms in total. The highest BCUT2D eigenvalue weighted by Crippen LogP contribution is 2.21. The smallest absolute Gasteiger partial charge is 0.255 e. The monoisotopic (exact) mass is 297 g/mol. The number of rotatable bonds is 4. The largest absolute Gasteiger partial charge is 0.339 e. The first-order valence-electron chi connectivity index (χ1n) is 6.82. The van der Waals surface area contributed by atoms with Crippen LogP contribution in [0.25, 0.3) is 0 Å². The first kappa shape index (κ1) is 16.3. The van der Waals surface area contributed by atoms with Gasteiger partial charge in [-0.25, -0.2) is 0 Å². The van der Waals surface area contributed by atoms with Crippen molar-refractivity contribution in [2.45, 2.75) is 40.4 Å². The van der Waals surface area contributed by atoms with Gasteiger partial charge < -0.3 is 4.90 Å². The lowest BCUT2D eigenvalue weighted by atomic mass is 10.1. The molecule has 0 bridgehead atoms. The second-order valence-electron chi connectivity index (χ2n) is 5.84. The molecule has 0 saturated carbocycles. The Kier molecular flexibility index (Phi) is 5.22. The van der Waals surface area contributed by atoms with Crippen LogP contribution >= 0.6 is 11.6 Å². The van der Waals surface area contributed by atoms with E-state index < -0.39 is 8.07 Å². The maximum Gasteiger partial charge on any atom is 0.255 e. The molecule has 0 aromatic heterocycles. The summed E-state index contributed by atoms with van der Waals surface area (Å²) >= 11 is 6.34. The number of carbonyl (C=O) groups excluding carboxylic acids is 1. The molecular formula is C15H24ClNOSi. The van der Waals surface area contributed by atoms with Crippen LogP contribution in [-0.4, -0.2) is 32.0 Å². The zero-order valence-electron chi connectivity index (χ0n) is 12.8. The molecule has 0 radical (unpaired) electrons. The first-order valence-corrected chi connectivity index (χ1v) is 10.7. The molecule has 0 aliphatic heterocycles. The third kappa shape index (κ3) is 3.40. The lowest BCUT2D eigenvalue weighted by Crippen LogP contribution is -2.46. The van der Waals surface area contributed by atoms with E-state index in [1.807, 2.05) is 30.9 Å². The maximum absolute atomic E-state index is 12.7. The maximum atomic E-state index is 12.7. The summed E-state index contributed by atoms with van der Waals surface area (Å²) in [6.45, 7) is 14.3. The Hall–Kier alpha value is -0.803. The molecule has 0 spiro atoms. The number of aryl methyl sites for hydroxylation is 1. The molecule has 0 fully saturated rings. The van der Waals surface area contributed by atoms with Gasteiger partial charge in [0.1, 0.15) is 0 Å². The fourth-order valence-corrected chi connectivity index (χ4v) is 5.10. The molecule has 4 heteroatoms. The molecule has 0 aliphatic carbocycles. The van der Waals surface area contributed by atoms with E-state index in [0.717, 1.165) is 5.56 Å². The predicted octanol–water partition coefficient (Wildman–Crippen LogP) is 3.68. The van der Waals surface area contributed by atoms with Crippen molar-refractivity contribution < 1.29 is 4.79 Å². The molecule has 0 N–H and O–H groups in total. The molecule has 19 heavy (non-hydrogen) atoms. The zero-order valence-corrected chi connectivity index (χ0v) is 14.6.